The third-order valence-corrected chi connectivity index (χ3v) is 5.13. The second-order valence-electron chi connectivity index (χ2n) is 7.48. The molecule has 1 aliphatic rings. The highest BCUT2D eigenvalue weighted by molar-refractivity contribution is 5.91. The number of nitrogens with zero attached hydrogens (tertiary/aromatic N) is 2. The first-order valence-electron chi connectivity index (χ1n) is 9.73. The molecule has 0 bridgehead atoms. The molecule has 2 amide bonds. The number of ether oxygens (including phenoxy) is 1. The number of carbonyl (C=O) groups is 2. The smallest absolute Gasteiger partial charge is 0.289 e. The van der Waals surface area contributed by atoms with E-state index >= 15 is 0 Å². The predicted molar refractivity (Wildman–Crippen MR) is 106 cm³/mol. The summed E-state index contributed by atoms with van der Waals surface area (Å²) in [5, 5.41) is 0. The van der Waals surface area contributed by atoms with Crippen molar-refractivity contribution in [3.05, 3.63) is 53.5 Å². The van der Waals surface area contributed by atoms with Gasteiger partial charge in [-0.15, -0.1) is 0 Å². The predicted octanol–water partition coefficient (Wildman–Crippen LogP) is 3.29. The van der Waals surface area contributed by atoms with E-state index in [2.05, 4.69) is 6.07 Å². The van der Waals surface area contributed by atoms with Crippen LogP contribution in [0, 0.1) is 19.8 Å². The van der Waals surface area contributed by atoms with Crippen molar-refractivity contribution in [1.82, 2.24) is 9.80 Å². The zero-order valence-corrected chi connectivity index (χ0v) is 16.8. The van der Waals surface area contributed by atoms with E-state index in [0.29, 0.717) is 44.8 Å². The Morgan fingerprint density at radius 2 is 1.86 bits per heavy atom. The Kier molecular flexibility index (Phi) is 6.39. The van der Waals surface area contributed by atoms with E-state index in [-0.39, 0.29) is 17.7 Å². The minimum Gasteiger partial charge on any atom is -0.492 e. The molecule has 28 heavy (non-hydrogen) atoms. The lowest BCUT2D eigenvalue weighted by Gasteiger charge is -2.32. The number of rotatable bonds is 6. The molecule has 2 heterocycles. The average molecular weight is 384 g/mol. The molecule has 1 saturated heterocycles. The Bertz CT molecular complexity index is 788. The largest absolute Gasteiger partial charge is 0.492 e. The summed E-state index contributed by atoms with van der Waals surface area (Å²) in [4.78, 5) is 28.5. The Balaban J connectivity index is 1.43. The third kappa shape index (κ3) is 4.94. The maximum atomic E-state index is 12.7. The van der Waals surface area contributed by atoms with Crippen LogP contribution in [0.5, 0.6) is 5.75 Å². The Hall–Kier alpha value is -2.76. The molecule has 1 aromatic carbocycles. The summed E-state index contributed by atoms with van der Waals surface area (Å²) in [7, 11) is 1.81. The number of furan rings is 1. The molecule has 6 nitrogen and oxygen atoms in total. The summed E-state index contributed by atoms with van der Waals surface area (Å²) in [5.41, 5.74) is 2.32. The molecule has 1 aliphatic heterocycles. The van der Waals surface area contributed by atoms with Crippen molar-refractivity contribution in [2.75, 3.05) is 33.3 Å². The van der Waals surface area contributed by atoms with Gasteiger partial charge in [-0.25, -0.2) is 0 Å². The lowest BCUT2D eigenvalue weighted by Crippen LogP contribution is -2.44. The van der Waals surface area contributed by atoms with Gasteiger partial charge in [0.15, 0.2) is 5.76 Å². The molecule has 0 aliphatic carbocycles. The first-order chi connectivity index (χ1) is 13.4. The fraction of sp³-hybridized carbons (Fsp3) is 0.455. The minimum absolute atomic E-state index is 0.0492. The third-order valence-electron chi connectivity index (χ3n) is 5.13. The number of aryl methyl sites for hydroxylation is 2. The zero-order valence-electron chi connectivity index (χ0n) is 16.8. The summed E-state index contributed by atoms with van der Waals surface area (Å²) in [6, 6.07) is 9.48. The van der Waals surface area contributed by atoms with Gasteiger partial charge >= 0.3 is 0 Å². The van der Waals surface area contributed by atoms with E-state index < -0.39 is 0 Å². The number of piperidine rings is 1. The van der Waals surface area contributed by atoms with Crippen LogP contribution in [0.25, 0.3) is 0 Å². The highest BCUT2D eigenvalue weighted by Crippen LogP contribution is 2.21. The highest BCUT2D eigenvalue weighted by atomic mass is 16.5. The van der Waals surface area contributed by atoms with Gasteiger partial charge < -0.3 is 19.0 Å². The average Bonchev–Trinajstić information content (AvgIpc) is 3.21. The van der Waals surface area contributed by atoms with Gasteiger partial charge in [-0.2, -0.15) is 0 Å². The number of carbonyl (C=O) groups excluding carboxylic acids is 2. The molecular weight excluding hydrogens is 356 g/mol. The summed E-state index contributed by atoms with van der Waals surface area (Å²) < 4.78 is 11.0. The monoisotopic (exact) mass is 384 g/mol. The topological polar surface area (TPSA) is 63.0 Å². The van der Waals surface area contributed by atoms with Gasteiger partial charge in [0.2, 0.25) is 5.91 Å². The van der Waals surface area contributed by atoms with Gasteiger partial charge in [-0.1, -0.05) is 6.07 Å². The second-order valence-corrected chi connectivity index (χ2v) is 7.48. The van der Waals surface area contributed by atoms with Crippen molar-refractivity contribution < 1.29 is 18.7 Å². The Morgan fingerprint density at radius 3 is 2.46 bits per heavy atom. The van der Waals surface area contributed by atoms with Crippen LogP contribution >= 0.6 is 0 Å². The van der Waals surface area contributed by atoms with E-state index in [1.165, 1.54) is 6.26 Å². The van der Waals surface area contributed by atoms with Crippen molar-refractivity contribution >= 4 is 11.8 Å². The van der Waals surface area contributed by atoms with Crippen molar-refractivity contribution in [2.24, 2.45) is 5.92 Å². The van der Waals surface area contributed by atoms with E-state index in [1.807, 2.05) is 33.0 Å². The Morgan fingerprint density at radius 1 is 1.18 bits per heavy atom. The van der Waals surface area contributed by atoms with E-state index in [1.54, 1.807) is 21.9 Å². The van der Waals surface area contributed by atoms with Crippen molar-refractivity contribution in [3.63, 3.8) is 0 Å². The SMILES string of the molecule is Cc1cc(C)cc(OCCN(C)C(=O)C2CCN(C(=O)c3ccco3)CC2)c1. The van der Waals surface area contributed by atoms with Gasteiger partial charge in [-0.3, -0.25) is 9.59 Å². The Labute approximate surface area is 166 Å². The van der Waals surface area contributed by atoms with Gasteiger partial charge in [0.05, 0.1) is 12.8 Å². The molecule has 0 saturated carbocycles. The van der Waals surface area contributed by atoms with Crippen molar-refractivity contribution in [2.45, 2.75) is 26.7 Å². The lowest BCUT2D eigenvalue weighted by atomic mass is 9.95. The molecule has 0 atom stereocenters. The fourth-order valence-corrected chi connectivity index (χ4v) is 3.62. The molecule has 0 N–H and O–H groups in total. The second kappa shape index (κ2) is 8.95. The number of likely N-dealkylation sites (N-methyl/N-ethyl adjacent to an activating group) is 1. The van der Waals surface area contributed by atoms with Gasteiger partial charge in [0, 0.05) is 26.1 Å². The molecule has 1 aromatic heterocycles. The lowest BCUT2D eigenvalue weighted by molar-refractivity contribution is -0.135. The highest BCUT2D eigenvalue weighted by Gasteiger charge is 2.30. The van der Waals surface area contributed by atoms with E-state index in [0.717, 1.165) is 16.9 Å². The maximum Gasteiger partial charge on any atom is 0.289 e. The molecule has 3 rings (SSSR count). The van der Waals surface area contributed by atoms with Crippen LogP contribution in [-0.2, 0) is 4.79 Å². The molecule has 2 aromatic rings. The molecule has 6 heteroatoms. The summed E-state index contributed by atoms with van der Waals surface area (Å²) in [6.45, 7) is 6.22. The molecule has 150 valence electrons. The zero-order chi connectivity index (χ0) is 20.1. The van der Waals surface area contributed by atoms with E-state index in [9.17, 15) is 9.59 Å². The van der Waals surface area contributed by atoms with Crippen LogP contribution in [0.4, 0.5) is 0 Å². The first-order valence-corrected chi connectivity index (χ1v) is 9.73. The van der Waals surface area contributed by atoms with E-state index in [4.69, 9.17) is 9.15 Å². The van der Waals surface area contributed by atoms with Crippen molar-refractivity contribution in [3.8, 4) is 5.75 Å². The summed E-state index contributed by atoms with van der Waals surface area (Å²) in [5.74, 6) is 1.15. The van der Waals surface area contributed by atoms with Crippen LogP contribution in [0.15, 0.2) is 41.0 Å². The number of hydrogen-bond acceptors (Lipinski definition) is 4. The van der Waals surface area contributed by atoms with Crippen LogP contribution in [0.1, 0.15) is 34.5 Å². The number of amides is 2. The summed E-state index contributed by atoms with van der Waals surface area (Å²) in [6.07, 6.45) is 2.85. The standard InChI is InChI=1S/C22H28N2O4/c1-16-13-17(2)15-19(14-16)27-12-10-23(3)21(25)18-6-8-24(9-7-18)22(26)20-5-4-11-28-20/h4-5,11,13-15,18H,6-10,12H2,1-3H3. The first kappa shape index (κ1) is 20.0. The normalized spacial score (nSPS) is 14.8. The minimum atomic E-state index is -0.105. The number of hydrogen-bond donors (Lipinski definition) is 0. The molecule has 0 spiro atoms. The molecule has 0 unspecified atom stereocenters. The van der Waals surface area contributed by atoms with Crippen LogP contribution in [0.3, 0.4) is 0 Å². The van der Waals surface area contributed by atoms with Crippen LogP contribution in [0.2, 0.25) is 0 Å². The summed E-state index contributed by atoms with van der Waals surface area (Å²) >= 11 is 0. The van der Waals surface area contributed by atoms with Crippen molar-refractivity contribution in [1.29, 1.82) is 0 Å². The van der Waals surface area contributed by atoms with Crippen LogP contribution in [-0.4, -0.2) is 54.9 Å². The number of likely N-dealkylation sites (tertiary alicyclic amines) is 1. The molecule has 0 radical (unpaired) electrons. The molecular formula is C22H28N2O4. The fourth-order valence-electron chi connectivity index (χ4n) is 3.62. The molecule has 1 fully saturated rings. The van der Waals surface area contributed by atoms with Gasteiger partial charge in [0.1, 0.15) is 12.4 Å². The van der Waals surface area contributed by atoms with Gasteiger partial charge in [0.25, 0.3) is 5.91 Å². The maximum absolute atomic E-state index is 12.7. The van der Waals surface area contributed by atoms with Gasteiger partial charge in [-0.05, 0) is 62.1 Å². The van der Waals surface area contributed by atoms with Crippen LogP contribution < -0.4 is 4.74 Å². The quantitative estimate of drug-likeness (QED) is 0.767. The number of benzene rings is 1.